The molecule has 8 nitrogen and oxygen atoms in total. The van der Waals surface area contributed by atoms with Gasteiger partial charge >= 0.3 is 5.69 Å². The van der Waals surface area contributed by atoms with Crippen molar-refractivity contribution in [3.8, 4) is 0 Å². The Morgan fingerprint density at radius 2 is 1.79 bits per heavy atom. The quantitative estimate of drug-likeness (QED) is 0.585. The van der Waals surface area contributed by atoms with E-state index in [-0.39, 0.29) is 11.2 Å². The van der Waals surface area contributed by atoms with Crippen molar-refractivity contribution in [2.75, 3.05) is 11.9 Å². The molecule has 0 aliphatic carbocycles. The Labute approximate surface area is 161 Å². The number of anilines is 1. The van der Waals surface area contributed by atoms with Crippen LogP contribution in [0.4, 0.5) is 5.69 Å². The zero-order valence-electron chi connectivity index (χ0n) is 16.8. The first-order valence-corrected chi connectivity index (χ1v) is 9.25. The molecule has 146 valence electrons. The third-order valence-corrected chi connectivity index (χ3v) is 5.43. The average Bonchev–Trinajstić information content (AvgIpc) is 3.16. The average molecular weight is 380 g/mol. The second-order valence-corrected chi connectivity index (χ2v) is 7.24. The van der Waals surface area contributed by atoms with Crippen molar-refractivity contribution in [1.82, 2.24) is 23.1 Å². The van der Waals surface area contributed by atoms with Gasteiger partial charge in [0, 0.05) is 44.3 Å². The number of hydrogen-bond donors (Lipinski definition) is 1. The lowest BCUT2D eigenvalue weighted by atomic mass is 10.2. The fraction of sp³-hybridized carbons (Fsp3) is 0.350. The summed E-state index contributed by atoms with van der Waals surface area (Å²) in [6.07, 6.45) is 0. The van der Waals surface area contributed by atoms with Gasteiger partial charge in [0.1, 0.15) is 0 Å². The Bertz CT molecular complexity index is 1340. The van der Waals surface area contributed by atoms with Crippen molar-refractivity contribution in [1.29, 1.82) is 0 Å². The summed E-state index contributed by atoms with van der Waals surface area (Å²) in [7, 11) is 3.14. The van der Waals surface area contributed by atoms with Crippen LogP contribution in [-0.2, 0) is 20.6 Å². The molecule has 0 aliphatic heterocycles. The Balaban J connectivity index is 1.80. The van der Waals surface area contributed by atoms with Crippen LogP contribution < -0.4 is 16.6 Å². The van der Waals surface area contributed by atoms with Crippen LogP contribution in [0.5, 0.6) is 0 Å². The molecule has 8 heteroatoms. The molecule has 3 heterocycles. The molecular formula is C20H24N6O2. The SMILES string of the molecule is Cc1cccc(NCCn2c(C)c(C)n3c4c(=O)n(C)c(=O)n(C)c4nc23)c1. The van der Waals surface area contributed by atoms with Gasteiger partial charge in [-0.15, -0.1) is 0 Å². The van der Waals surface area contributed by atoms with E-state index in [2.05, 4.69) is 33.9 Å². The number of imidazole rings is 2. The van der Waals surface area contributed by atoms with Gasteiger partial charge in [0.2, 0.25) is 5.78 Å². The van der Waals surface area contributed by atoms with Crippen LogP contribution in [0.15, 0.2) is 33.9 Å². The predicted molar refractivity (Wildman–Crippen MR) is 110 cm³/mol. The van der Waals surface area contributed by atoms with E-state index in [0.29, 0.717) is 30.0 Å². The highest BCUT2D eigenvalue weighted by atomic mass is 16.2. The van der Waals surface area contributed by atoms with E-state index in [1.165, 1.54) is 17.2 Å². The van der Waals surface area contributed by atoms with Gasteiger partial charge in [-0.2, -0.15) is 4.98 Å². The second kappa shape index (κ2) is 6.40. The number of fused-ring (bicyclic) bond motifs is 3. The molecule has 0 fully saturated rings. The molecule has 1 aromatic carbocycles. The molecule has 4 rings (SSSR count). The molecule has 0 radical (unpaired) electrons. The van der Waals surface area contributed by atoms with Gasteiger partial charge in [0.25, 0.3) is 5.56 Å². The molecule has 0 spiro atoms. The van der Waals surface area contributed by atoms with Crippen molar-refractivity contribution in [3.05, 3.63) is 62.1 Å². The molecule has 0 atom stereocenters. The number of nitrogens with one attached hydrogen (secondary N) is 1. The fourth-order valence-corrected chi connectivity index (χ4v) is 3.72. The van der Waals surface area contributed by atoms with Crippen molar-refractivity contribution < 1.29 is 0 Å². The minimum atomic E-state index is -0.375. The lowest BCUT2D eigenvalue weighted by Gasteiger charge is -2.09. The summed E-state index contributed by atoms with van der Waals surface area (Å²) >= 11 is 0. The first-order chi connectivity index (χ1) is 13.3. The number of benzene rings is 1. The van der Waals surface area contributed by atoms with Gasteiger partial charge < -0.3 is 9.88 Å². The van der Waals surface area contributed by atoms with Gasteiger partial charge in [-0.25, -0.2) is 4.79 Å². The minimum Gasteiger partial charge on any atom is -0.383 e. The van der Waals surface area contributed by atoms with E-state index in [9.17, 15) is 9.59 Å². The number of nitrogens with zero attached hydrogens (tertiary/aromatic N) is 5. The van der Waals surface area contributed by atoms with E-state index in [0.717, 1.165) is 21.6 Å². The Morgan fingerprint density at radius 1 is 1.04 bits per heavy atom. The van der Waals surface area contributed by atoms with Crippen LogP contribution >= 0.6 is 0 Å². The summed E-state index contributed by atoms with van der Waals surface area (Å²) in [6.45, 7) is 7.46. The monoisotopic (exact) mass is 380 g/mol. The summed E-state index contributed by atoms with van der Waals surface area (Å²) < 4.78 is 6.50. The van der Waals surface area contributed by atoms with Gasteiger partial charge in [-0.1, -0.05) is 12.1 Å². The standard InChI is InChI=1S/C20H24N6O2/c1-12-7-6-8-15(11-12)21-9-10-25-13(2)14(3)26-16-17(22-19(25)26)23(4)20(28)24(5)18(16)27/h6-8,11,21H,9-10H2,1-5H3. The van der Waals surface area contributed by atoms with Crippen LogP contribution in [0.1, 0.15) is 17.0 Å². The second-order valence-electron chi connectivity index (χ2n) is 7.24. The molecular weight excluding hydrogens is 356 g/mol. The fourth-order valence-electron chi connectivity index (χ4n) is 3.72. The van der Waals surface area contributed by atoms with E-state index in [1.54, 1.807) is 7.05 Å². The molecule has 0 aliphatic rings. The van der Waals surface area contributed by atoms with E-state index >= 15 is 0 Å². The lowest BCUT2D eigenvalue weighted by molar-refractivity contribution is 0.705. The summed E-state index contributed by atoms with van der Waals surface area (Å²) in [5.74, 6) is 0.675. The summed E-state index contributed by atoms with van der Waals surface area (Å²) in [4.78, 5) is 29.6. The third-order valence-electron chi connectivity index (χ3n) is 5.43. The number of hydrogen-bond acceptors (Lipinski definition) is 4. The highest BCUT2D eigenvalue weighted by Gasteiger charge is 2.21. The smallest absolute Gasteiger partial charge is 0.332 e. The molecule has 3 aromatic heterocycles. The lowest BCUT2D eigenvalue weighted by Crippen LogP contribution is -2.37. The van der Waals surface area contributed by atoms with Crippen LogP contribution in [0.3, 0.4) is 0 Å². The summed E-state index contributed by atoms with van der Waals surface area (Å²) in [5.41, 5.74) is 4.41. The zero-order valence-corrected chi connectivity index (χ0v) is 16.8. The molecule has 4 aromatic rings. The van der Waals surface area contributed by atoms with Gasteiger partial charge in [0.15, 0.2) is 11.2 Å². The van der Waals surface area contributed by atoms with Gasteiger partial charge in [0.05, 0.1) is 0 Å². The van der Waals surface area contributed by atoms with Gasteiger partial charge in [-0.3, -0.25) is 18.3 Å². The molecule has 0 saturated heterocycles. The number of rotatable bonds is 4. The number of aromatic nitrogens is 5. The molecule has 0 saturated carbocycles. The highest BCUT2D eigenvalue weighted by Crippen LogP contribution is 2.20. The van der Waals surface area contributed by atoms with Crippen molar-refractivity contribution in [2.24, 2.45) is 14.1 Å². The highest BCUT2D eigenvalue weighted by molar-refractivity contribution is 5.76. The van der Waals surface area contributed by atoms with Crippen LogP contribution in [0, 0.1) is 20.8 Å². The predicted octanol–water partition coefficient (Wildman–Crippen LogP) is 1.72. The van der Waals surface area contributed by atoms with Crippen LogP contribution in [0.25, 0.3) is 16.9 Å². The molecule has 0 amide bonds. The van der Waals surface area contributed by atoms with E-state index < -0.39 is 0 Å². The Kier molecular flexibility index (Phi) is 4.14. The molecule has 0 bridgehead atoms. The van der Waals surface area contributed by atoms with Crippen molar-refractivity contribution >= 4 is 22.6 Å². The first-order valence-electron chi connectivity index (χ1n) is 9.25. The molecule has 28 heavy (non-hydrogen) atoms. The first kappa shape index (κ1) is 18.1. The van der Waals surface area contributed by atoms with Crippen molar-refractivity contribution in [3.63, 3.8) is 0 Å². The van der Waals surface area contributed by atoms with Crippen molar-refractivity contribution in [2.45, 2.75) is 27.3 Å². The van der Waals surface area contributed by atoms with Crippen LogP contribution in [-0.4, -0.2) is 29.6 Å². The van der Waals surface area contributed by atoms with Crippen LogP contribution in [0.2, 0.25) is 0 Å². The largest absolute Gasteiger partial charge is 0.383 e. The Hall–Kier alpha value is -3.29. The maximum atomic E-state index is 12.7. The molecule has 0 unspecified atom stereocenters. The summed E-state index contributed by atoms with van der Waals surface area (Å²) in [6, 6.07) is 8.24. The maximum absolute atomic E-state index is 12.7. The Morgan fingerprint density at radius 3 is 2.50 bits per heavy atom. The minimum absolute atomic E-state index is 0.330. The number of aryl methyl sites for hydroxylation is 3. The zero-order chi connectivity index (χ0) is 20.2. The van der Waals surface area contributed by atoms with E-state index in [1.807, 2.05) is 30.4 Å². The third kappa shape index (κ3) is 2.56. The normalized spacial score (nSPS) is 11.6. The molecule has 1 N–H and O–H groups in total. The van der Waals surface area contributed by atoms with Gasteiger partial charge in [-0.05, 0) is 38.5 Å². The topological polar surface area (TPSA) is 78.3 Å². The summed E-state index contributed by atoms with van der Waals surface area (Å²) in [5, 5.41) is 3.43. The maximum Gasteiger partial charge on any atom is 0.332 e. The van der Waals surface area contributed by atoms with E-state index in [4.69, 9.17) is 0 Å².